The number of benzene rings is 2. The molecule has 0 radical (unpaired) electrons. The van der Waals surface area contributed by atoms with Gasteiger partial charge in [-0.2, -0.15) is 4.68 Å². The van der Waals surface area contributed by atoms with Gasteiger partial charge in [-0.05, 0) is 17.7 Å². The summed E-state index contributed by atoms with van der Waals surface area (Å²) in [5.41, 5.74) is 3.54. The van der Waals surface area contributed by atoms with Crippen molar-refractivity contribution < 1.29 is 0 Å². The molecule has 2 heterocycles. The molecule has 5 heteroatoms. The lowest BCUT2D eigenvalue weighted by Crippen LogP contribution is -2.01. The number of hydrogen-bond acceptors (Lipinski definition) is 4. The van der Waals surface area contributed by atoms with Crippen LogP contribution >= 0.6 is 0 Å². The Labute approximate surface area is 127 Å². The quantitative estimate of drug-likeness (QED) is 0.581. The Morgan fingerprint density at radius 1 is 0.864 bits per heavy atom. The predicted octanol–water partition coefficient (Wildman–Crippen LogP) is 2.80. The van der Waals surface area contributed by atoms with Gasteiger partial charge in [0.05, 0.1) is 11.9 Å². The van der Waals surface area contributed by atoms with E-state index in [2.05, 4.69) is 32.4 Å². The third-order valence-corrected chi connectivity index (χ3v) is 3.45. The van der Waals surface area contributed by atoms with Crippen LogP contribution in [0.1, 0.15) is 11.4 Å². The Bertz CT molecular complexity index is 900. The maximum absolute atomic E-state index is 4.63. The molecule has 2 aromatic heterocycles. The lowest BCUT2D eigenvalue weighted by molar-refractivity contribution is 0.814. The Balaban J connectivity index is 1.77. The Morgan fingerprint density at radius 2 is 1.59 bits per heavy atom. The molecule has 22 heavy (non-hydrogen) atoms. The molecule has 4 aromatic rings. The fourth-order valence-electron chi connectivity index (χ4n) is 2.37. The van der Waals surface area contributed by atoms with E-state index in [4.69, 9.17) is 0 Å². The molecule has 0 amide bonds. The highest BCUT2D eigenvalue weighted by Gasteiger charge is 2.10. The van der Waals surface area contributed by atoms with Gasteiger partial charge in [0.2, 0.25) is 0 Å². The molecule has 0 aliphatic rings. The molecular formula is C17H13N5. The number of rotatable bonds is 3. The van der Waals surface area contributed by atoms with E-state index < -0.39 is 0 Å². The van der Waals surface area contributed by atoms with E-state index in [1.54, 1.807) is 10.9 Å². The second-order valence-electron chi connectivity index (χ2n) is 4.99. The molecule has 2 aromatic carbocycles. The molecule has 0 saturated heterocycles. The minimum Gasteiger partial charge on any atom is -0.239 e. The summed E-state index contributed by atoms with van der Waals surface area (Å²) in [5.74, 6) is 0.762. The Morgan fingerprint density at radius 3 is 2.36 bits per heavy atom. The summed E-state index contributed by atoms with van der Waals surface area (Å²) >= 11 is 0. The van der Waals surface area contributed by atoms with Gasteiger partial charge in [-0.3, -0.25) is 0 Å². The lowest BCUT2D eigenvalue weighted by atomic mass is 10.1. The zero-order valence-electron chi connectivity index (χ0n) is 11.8. The van der Waals surface area contributed by atoms with Crippen molar-refractivity contribution in [2.75, 3.05) is 0 Å². The highest BCUT2D eigenvalue weighted by molar-refractivity contribution is 5.70. The van der Waals surface area contributed by atoms with Gasteiger partial charge in [0.15, 0.2) is 11.2 Å². The van der Waals surface area contributed by atoms with Gasteiger partial charge in [-0.1, -0.05) is 53.7 Å². The van der Waals surface area contributed by atoms with Gasteiger partial charge in [0.25, 0.3) is 0 Å². The van der Waals surface area contributed by atoms with Crippen molar-refractivity contribution in [2.45, 2.75) is 6.42 Å². The van der Waals surface area contributed by atoms with Crippen LogP contribution in [0.2, 0.25) is 0 Å². The zero-order chi connectivity index (χ0) is 14.8. The smallest absolute Gasteiger partial charge is 0.187 e. The molecule has 0 aliphatic carbocycles. The summed E-state index contributed by atoms with van der Waals surface area (Å²) in [6.45, 7) is 0. The molecule has 0 spiro atoms. The van der Waals surface area contributed by atoms with E-state index in [-0.39, 0.29) is 0 Å². The molecule has 4 rings (SSSR count). The van der Waals surface area contributed by atoms with Crippen molar-refractivity contribution in [3.63, 3.8) is 0 Å². The minimum atomic E-state index is 0.691. The highest BCUT2D eigenvalue weighted by Crippen LogP contribution is 2.14. The van der Waals surface area contributed by atoms with Crippen molar-refractivity contribution >= 4 is 11.2 Å². The number of hydrogen-bond donors (Lipinski definition) is 0. The molecule has 0 saturated carbocycles. The highest BCUT2D eigenvalue weighted by atomic mass is 15.4. The summed E-state index contributed by atoms with van der Waals surface area (Å²) in [6.07, 6.45) is 2.42. The van der Waals surface area contributed by atoms with Crippen LogP contribution in [-0.2, 0) is 6.42 Å². The molecule has 0 bridgehead atoms. The van der Waals surface area contributed by atoms with Gasteiger partial charge in [0.1, 0.15) is 5.82 Å². The molecule has 0 atom stereocenters. The summed E-state index contributed by atoms with van der Waals surface area (Å²) in [7, 11) is 0. The van der Waals surface area contributed by atoms with Crippen molar-refractivity contribution in [2.24, 2.45) is 0 Å². The Hall–Kier alpha value is -3.08. The minimum absolute atomic E-state index is 0.691. The van der Waals surface area contributed by atoms with Crippen LogP contribution in [0.25, 0.3) is 16.9 Å². The fourth-order valence-corrected chi connectivity index (χ4v) is 2.37. The van der Waals surface area contributed by atoms with Gasteiger partial charge < -0.3 is 0 Å². The zero-order valence-corrected chi connectivity index (χ0v) is 11.8. The Kier molecular flexibility index (Phi) is 3.08. The first-order valence-corrected chi connectivity index (χ1v) is 7.07. The van der Waals surface area contributed by atoms with E-state index >= 15 is 0 Å². The van der Waals surface area contributed by atoms with Gasteiger partial charge in [-0.15, -0.1) is 5.10 Å². The van der Waals surface area contributed by atoms with Crippen LogP contribution in [0.5, 0.6) is 0 Å². The molecule has 0 N–H and O–H groups in total. The van der Waals surface area contributed by atoms with E-state index in [1.165, 1.54) is 5.56 Å². The maximum atomic E-state index is 4.63. The SMILES string of the molecule is c1ccc(Cc2ncc3nnn(-c4ccccc4)c3n2)cc1. The molecule has 0 aliphatic heterocycles. The molecule has 106 valence electrons. The van der Waals surface area contributed by atoms with E-state index in [0.29, 0.717) is 11.9 Å². The maximum Gasteiger partial charge on any atom is 0.187 e. The van der Waals surface area contributed by atoms with E-state index in [1.807, 2.05) is 48.5 Å². The van der Waals surface area contributed by atoms with Crippen molar-refractivity contribution in [1.29, 1.82) is 0 Å². The van der Waals surface area contributed by atoms with Crippen LogP contribution < -0.4 is 0 Å². The lowest BCUT2D eigenvalue weighted by Gasteiger charge is -2.03. The molecule has 5 nitrogen and oxygen atoms in total. The van der Waals surface area contributed by atoms with Crippen LogP contribution in [0.4, 0.5) is 0 Å². The average molecular weight is 287 g/mol. The number of aromatic nitrogens is 5. The fraction of sp³-hybridized carbons (Fsp3) is 0.0588. The summed E-state index contributed by atoms with van der Waals surface area (Å²) < 4.78 is 1.74. The number of nitrogens with zero attached hydrogens (tertiary/aromatic N) is 5. The summed E-state index contributed by atoms with van der Waals surface area (Å²) in [5, 5.41) is 8.31. The molecule has 0 fully saturated rings. The first-order valence-electron chi connectivity index (χ1n) is 7.07. The number of para-hydroxylation sites is 1. The van der Waals surface area contributed by atoms with Crippen molar-refractivity contribution in [3.8, 4) is 5.69 Å². The normalized spacial score (nSPS) is 10.9. The summed E-state index contributed by atoms with van der Waals surface area (Å²) in [4.78, 5) is 9.02. The molecule has 0 unspecified atom stereocenters. The van der Waals surface area contributed by atoms with Gasteiger partial charge in [-0.25, -0.2) is 9.97 Å². The van der Waals surface area contributed by atoms with E-state index in [0.717, 1.165) is 17.2 Å². The van der Waals surface area contributed by atoms with Gasteiger partial charge >= 0.3 is 0 Å². The first kappa shape index (κ1) is 12.6. The topological polar surface area (TPSA) is 56.5 Å². The standard InChI is InChI=1S/C17H13N5/c1-3-7-13(8-4-1)11-16-18-12-15-17(19-16)22(21-20-15)14-9-5-2-6-10-14/h1-10,12H,11H2. The predicted molar refractivity (Wildman–Crippen MR) is 83.7 cm³/mol. The summed E-state index contributed by atoms with van der Waals surface area (Å²) in [6, 6.07) is 20.0. The van der Waals surface area contributed by atoms with Crippen LogP contribution in [0.3, 0.4) is 0 Å². The first-order chi connectivity index (χ1) is 10.9. The largest absolute Gasteiger partial charge is 0.239 e. The van der Waals surface area contributed by atoms with Gasteiger partial charge in [0, 0.05) is 6.42 Å². The van der Waals surface area contributed by atoms with Crippen LogP contribution in [0.15, 0.2) is 66.9 Å². The monoisotopic (exact) mass is 287 g/mol. The average Bonchev–Trinajstić information content (AvgIpc) is 3.00. The third kappa shape index (κ3) is 2.33. The van der Waals surface area contributed by atoms with Crippen LogP contribution in [0, 0.1) is 0 Å². The molecular weight excluding hydrogens is 274 g/mol. The van der Waals surface area contributed by atoms with Crippen molar-refractivity contribution in [1.82, 2.24) is 25.0 Å². The van der Waals surface area contributed by atoms with Crippen LogP contribution in [-0.4, -0.2) is 25.0 Å². The number of fused-ring (bicyclic) bond motifs is 1. The second-order valence-corrected chi connectivity index (χ2v) is 4.99. The van der Waals surface area contributed by atoms with Crippen molar-refractivity contribution in [3.05, 3.63) is 78.2 Å². The second kappa shape index (κ2) is 5.37. The third-order valence-electron chi connectivity index (χ3n) is 3.45. The van der Waals surface area contributed by atoms with E-state index in [9.17, 15) is 0 Å².